The van der Waals surface area contributed by atoms with E-state index >= 15 is 0 Å². The molecule has 3 nitrogen and oxygen atoms in total. The molecule has 0 bridgehead atoms. The predicted octanol–water partition coefficient (Wildman–Crippen LogP) is 8.17. The Morgan fingerprint density at radius 1 is 1.03 bits per heavy atom. The van der Waals surface area contributed by atoms with Gasteiger partial charge in [-0.25, -0.2) is 0 Å². The van der Waals surface area contributed by atoms with Crippen LogP contribution in [0.15, 0.2) is 63.5 Å². The third kappa shape index (κ3) is 5.59. The van der Waals surface area contributed by atoms with Gasteiger partial charge in [-0.15, -0.1) is 0 Å². The van der Waals surface area contributed by atoms with Crippen LogP contribution in [0.5, 0.6) is 11.5 Å². The van der Waals surface area contributed by atoms with Gasteiger partial charge >= 0.3 is 0 Å². The standard InChI is InChI=1S/C23H15Br2Cl2NO2/c1-29-22-9-15(8-16(12-28)19-7-6-18(26)10-21(19)27)20(25)11-23(22)30-13-14-2-4-17(24)5-3-14/h2-11H,13H2,1H3. The van der Waals surface area contributed by atoms with Crippen LogP contribution in [0.3, 0.4) is 0 Å². The number of benzene rings is 3. The third-order valence-corrected chi connectivity index (χ3v) is 6.00. The minimum absolute atomic E-state index is 0.398. The Bertz CT molecular complexity index is 1140. The highest BCUT2D eigenvalue weighted by atomic mass is 79.9. The molecule has 152 valence electrons. The fraction of sp³-hybridized carbons (Fsp3) is 0.0870. The number of halogens is 4. The molecule has 0 aliphatic carbocycles. The quantitative estimate of drug-likeness (QED) is 0.223. The van der Waals surface area contributed by atoms with Crippen LogP contribution >= 0.6 is 55.1 Å². The first-order chi connectivity index (χ1) is 14.4. The maximum Gasteiger partial charge on any atom is 0.162 e. The van der Waals surface area contributed by atoms with Crippen molar-refractivity contribution in [2.75, 3.05) is 7.11 Å². The Morgan fingerprint density at radius 3 is 2.40 bits per heavy atom. The fourth-order valence-electron chi connectivity index (χ4n) is 2.71. The van der Waals surface area contributed by atoms with Crippen LogP contribution in [0, 0.1) is 11.3 Å². The Hall–Kier alpha value is -1.97. The zero-order chi connectivity index (χ0) is 21.7. The highest BCUT2D eigenvalue weighted by Gasteiger charge is 2.13. The molecule has 0 fully saturated rings. The zero-order valence-electron chi connectivity index (χ0n) is 15.8. The molecule has 0 N–H and O–H groups in total. The summed E-state index contributed by atoms with van der Waals surface area (Å²) in [4.78, 5) is 0. The summed E-state index contributed by atoms with van der Waals surface area (Å²) in [5.74, 6) is 1.15. The molecule has 0 unspecified atom stereocenters. The van der Waals surface area contributed by atoms with Crippen molar-refractivity contribution < 1.29 is 9.47 Å². The van der Waals surface area contributed by atoms with Gasteiger partial charge < -0.3 is 9.47 Å². The van der Waals surface area contributed by atoms with Gasteiger partial charge in [0.25, 0.3) is 0 Å². The largest absolute Gasteiger partial charge is 0.493 e. The van der Waals surface area contributed by atoms with Gasteiger partial charge in [-0.1, -0.05) is 73.3 Å². The van der Waals surface area contributed by atoms with Gasteiger partial charge in [0.2, 0.25) is 0 Å². The number of hydrogen-bond donors (Lipinski definition) is 0. The number of rotatable bonds is 6. The molecule has 0 aliphatic rings. The van der Waals surface area contributed by atoms with Gasteiger partial charge in [-0.3, -0.25) is 0 Å². The van der Waals surface area contributed by atoms with Crippen LogP contribution in [-0.2, 0) is 6.61 Å². The van der Waals surface area contributed by atoms with Gasteiger partial charge in [0.15, 0.2) is 11.5 Å². The van der Waals surface area contributed by atoms with Crippen molar-refractivity contribution >= 4 is 66.7 Å². The fourth-order valence-corrected chi connectivity index (χ4v) is 3.92. The van der Waals surface area contributed by atoms with Gasteiger partial charge in [0.05, 0.1) is 23.8 Å². The Labute approximate surface area is 202 Å². The molecule has 0 amide bonds. The molecular formula is C23H15Br2Cl2NO2. The van der Waals surface area contributed by atoms with Crippen LogP contribution in [0.4, 0.5) is 0 Å². The van der Waals surface area contributed by atoms with E-state index in [1.807, 2.05) is 36.4 Å². The van der Waals surface area contributed by atoms with Gasteiger partial charge in [-0.2, -0.15) is 5.26 Å². The third-order valence-electron chi connectivity index (χ3n) is 4.23. The minimum Gasteiger partial charge on any atom is -0.493 e. The molecule has 0 aromatic heterocycles. The monoisotopic (exact) mass is 565 g/mol. The van der Waals surface area contributed by atoms with Crippen molar-refractivity contribution in [3.05, 3.63) is 90.3 Å². The van der Waals surface area contributed by atoms with Crippen LogP contribution < -0.4 is 9.47 Å². The second-order valence-electron chi connectivity index (χ2n) is 6.23. The van der Waals surface area contributed by atoms with E-state index < -0.39 is 0 Å². The maximum absolute atomic E-state index is 9.65. The molecule has 0 radical (unpaired) electrons. The summed E-state index contributed by atoms with van der Waals surface area (Å²) in [6.45, 7) is 0.398. The molecule has 3 aromatic carbocycles. The zero-order valence-corrected chi connectivity index (χ0v) is 20.4. The number of hydrogen-bond acceptors (Lipinski definition) is 3. The summed E-state index contributed by atoms with van der Waals surface area (Å²) in [5, 5.41) is 10.6. The van der Waals surface area contributed by atoms with E-state index in [0.717, 1.165) is 20.1 Å². The molecule has 7 heteroatoms. The molecule has 3 aromatic rings. The van der Waals surface area contributed by atoms with E-state index in [2.05, 4.69) is 37.9 Å². The average Bonchev–Trinajstić information content (AvgIpc) is 2.73. The van der Waals surface area contributed by atoms with E-state index in [0.29, 0.717) is 39.3 Å². The highest BCUT2D eigenvalue weighted by molar-refractivity contribution is 9.10. The van der Waals surface area contributed by atoms with E-state index in [9.17, 15) is 5.26 Å². The van der Waals surface area contributed by atoms with Crippen LogP contribution in [0.2, 0.25) is 10.0 Å². The Balaban J connectivity index is 1.91. The lowest BCUT2D eigenvalue weighted by atomic mass is 10.0. The molecule has 0 heterocycles. The summed E-state index contributed by atoms with van der Waals surface area (Å²) in [7, 11) is 1.57. The van der Waals surface area contributed by atoms with Gasteiger partial charge in [0, 0.05) is 19.5 Å². The minimum atomic E-state index is 0.398. The number of methoxy groups -OCH3 is 1. The molecule has 0 aliphatic heterocycles. The topological polar surface area (TPSA) is 42.2 Å². The lowest BCUT2D eigenvalue weighted by molar-refractivity contribution is 0.284. The lowest BCUT2D eigenvalue weighted by Crippen LogP contribution is -1.98. The SMILES string of the molecule is COc1cc(C=C(C#N)c2ccc(Cl)cc2Cl)c(Br)cc1OCc1ccc(Br)cc1. The highest BCUT2D eigenvalue weighted by Crippen LogP contribution is 2.36. The second-order valence-corrected chi connectivity index (χ2v) is 8.85. The number of allylic oxidation sites excluding steroid dienone is 1. The van der Waals surface area contributed by atoms with Crippen LogP contribution in [0.25, 0.3) is 11.6 Å². The normalized spacial score (nSPS) is 11.1. The average molecular weight is 568 g/mol. The van der Waals surface area contributed by atoms with Crippen molar-refractivity contribution in [2.24, 2.45) is 0 Å². The molecular weight excluding hydrogens is 553 g/mol. The van der Waals surface area contributed by atoms with Crippen LogP contribution in [0.1, 0.15) is 16.7 Å². The van der Waals surface area contributed by atoms with Gasteiger partial charge in [0.1, 0.15) is 6.61 Å². The second kappa shape index (κ2) is 10.4. The Morgan fingerprint density at radius 2 is 1.77 bits per heavy atom. The van der Waals surface area contributed by atoms with Crippen molar-refractivity contribution in [1.29, 1.82) is 5.26 Å². The van der Waals surface area contributed by atoms with Crippen molar-refractivity contribution in [1.82, 2.24) is 0 Å². The molecule has 30 heavy (non-hydrogen) atoms. The number of nitrogens with zero attached hydrogens (tertiary/aromatic N) is 1. The summed E-state index contributed by atoms with van der Waals surface area (Å²) >= 11 is 19.2. The summed E-state index contributed by atoms with van der Waals surface area (Å²) in [6.07, 6.45) is 1.74. The first-order valence-corrected chi connectivity index (χ1v) is 11.1. The van der Waals surface area contributed by atoms with Crippen molar-refractivity contribution in [3.8, 4) is 17.6 Å². The van der Waals surface area contributed by atoms with Gasteiger partial charge in [-0.05, 0) is 53.6 Å². The van der Waals surface area contributed by atoms with Crippen molar-refractivity contribution in [2.45, 2.75) is 6.61 Å². The summed E-state index contributed by atoms with van der Waals surface area (Å²) in [6, 6.07) is 18.7. The lowest BCUT2D eigenvalue weighted by Gasteiger charge is -2.13. The first-order valence-electron chi connectivity index (χ1n) is 8.73. The summed E-state index contributed by atoms with van der Waals surface area (Å²) in [5.41, 5.74) is 2.79. The van der Waals surface area contributed by atoms with Crippen molar-refractivity contribution in [3.63, 3.8) is 0 Å². The molecule has 0 spiro atoms. The van der Waals surface area contributed by atoms with E-state index in [1.54, 1.807) is 31.4 Å². The summed E-state index contributed by atoms with van der Waals surface area (Å²) < 4.78 is 13.2. The molecule has 0 saturated carbocycles. The van der Waals surface area contributed by atoms with E-state index in [-0.39, 0.29) is 0 Å². The Kier molecular flexibility index (Phi) is 7.85. The predicted molar refractivity (Wildman–Crippen MR) is 129 cm³/mol. The smallest absolute Gasteiger partial charge is 0.162 e. The first kappa shape index (κ1) is 22.7. The molecule has 3 rings (SSSR count). The number of ether oxygens (including phenoxy) is 2. The van der Waals surface area contributed by atoms with E-state index in [4.69, 9.17) is 32.7 Å². The molecule has 0 atom stereocenters. The maximum atomic E-state index is 9.65. The number of nitriles is 1. The van der Waals surface area contributed by atoms with Crippen LogP contribution in [-0.4, -0.2) is 7.11 Å². The molecule has 0 saturated heterocycles. The van der Waals surface area contributed by atoms with E-state index in [1.165, 1.54) is 0 Å².